The number of aromatic nitrogens is 2. The van der Waals surface area contributed by atoms with Gasteiger partial charge in [-0.25, -0.2) is 4.98 Å². The number of aromatic amines is 1. The Labute approximate surface area is 234 Å². The number of nitrogens with one attached hydrogen (secondary N) is 2. The first-order valence-corrected chi connectivity index (χ1v) is 12.6. The number of hydrogen-bond donors (Lipinski definition) is 2. The van der Waals surface area contributed by atoms with Gasteiger partial charge in [0.05, 0.1) is 19.7 Å². The number of pyridine rings is 1. The Morgan fingerprint density at radius 2 is 1.92 bits per heavy atom. The summed E-state index contributed by atoms with van der Waals surface area (Å²) in [7, 11) is 3.44. The summed E-state index contributed by atoms with van der Waals surface area (Å²) in [6.07, 6.45) is 5.00. The number of nitrogens with zero attached hydrogens (tertiary/aromatic N) is 3. The second kappa shape index (κ2) is 12.1. The van der Waals surface area contributed by atoms with E-state index in [1.807, 2.05) is 55.5 Å². The summed E-state index contributed by atoms with van der Waals surface area (Å²) in [5.74, 6) is 1.14. The molecule has 0 aliphatic carbocycles. The highest BCUT2D eigenvalue weighted by Crippen LogP contribution is 2.25. The average Bonchev–Trinajstić information content (AvgIpc) is 3.30. The third-order valence-corrected chi connectivity index (χ3v) is 6.92. The SMILES string of the molecule is COc1ccc(CN2CC(=O)Nc3ncc(/C=C/C(=O)N(C)C(C)c4cc5ccccc5[nH]4)cc3C2)cc1.Cl. The van der Waals surface area contributed by atoms with Crippen LogP contribution in [0.15, 0.2) is 72.9 Å². The maximum absolute atomic E-state index is 13.0. The number of H-pyrrole nitrogens is 1. The number of ether oxygens (including phenoxy) is 1. The third-order valence-electron chi connectivity index (χ3n) is 6.92. The van der Waals surface area contributed by atoms with Crippen LogP contribution in [0.3, 0.4) is 0 Å². The van der Waals surface area contributed by atoms with Crippen LogP contribution >= 0.6 is 12.4 Å². The summed E-state index contributed by atoms with van der Waals surface area (Å²) in [6, 6.07) is 19.8. The molecule has 2 aromatic heterocycles. The number of carbonyl (C=O) groups is 2. The minimum Gasteiger partial charge on any atom is -0.497 e. The third kappa shape index (κ3) is 6.47. The second-order valence-corrected chi connectivity index (χ2v) is 9.59. The second-order valence-electron chi connectivity index (χ2n) is 9.59. The molecule has 4 aromatic rings. The summed E-state index contributed by atoms with van der Waals surface area (Å²) >= 11 is 0. The van der Waals surface area contributed by atoms with Gasteiger partial charge in [0.25, 0.3) is 0 Å². The van der Waals surface area contributed by atoms with Crippen LogP contribution in [0.25, 0.3) is 17.0 Å². The first-order chi connectivity index (χ1) is 18.4. The largest absolute Gasteiger partial charge is 0.497 e. The molecule has 3 heterocycles. The molecule has 39 heavy (non-hydrogen) atoms. The fourth-order valence-corrected chi connectivity index (χ4v) is 4.63. The normalized spacial score (nSPS) is 14.3. The van der Waals surface area contributed by atoms with E-state index in [1.54, 1.807) is 37.4 Å². The number of fused-ring (bicyclic) bond motifs is 2. The Balaban J connectivity index is 0.00000353. The van der Waals surface area contributed by atoms with Gasteiger partial charge in [0.1, 0.15) is 11.6 Å². The number of halogens is 1. The molecule has 5 rings (SSSR count). The number of anilines is 1. The van der Waals surface area contributed by atoms with E-state index in [4.69, 9.17) is 4.74 Å². The molecule has 0 saturated carbocycles. The molecular weight excluding hydrogens is 514 g/mol. The Hall–Kier alpha value is -4.14. The van der Waals surface area contributed by atoms with E-state index in [0.717, 1.165) is 39.0 Å². The van der Waals surface area contributed by atoms with E-state index in [1.165, 1.54) is 0 Å². The van der Waals surface area contributed by atoms with Crippen LogP contribution in [0.1, 0.15) is 35.3 Å². The van der Waals surface area contributed by atoms with Gasteiger partial charge in [-0.2, -0.15) is 0 Å². The predicted octanol–water partition coefficient (Wildman–Crippen LogP) is 5.18. The number of para-hydroxylation sites is 1. The van der Waals surface area contributed by atoms with Crippen molar-refractivity contribution in [2.75, 3.05) is 26.0 Å². The van der Waals surface area contributed by atoms with Gasteiger partial charge in [0, 0.05) is 49.2 Å². The molecule has 0 saturated heterocycles. The van der Waals surface area contributed by atoms with E-state index in [9.17, 15) is 9.59 Å². The monoisotopic (exact) mass is 545 g/mol. The number of carbonyl (C=O) groups excluding carboxylic acids is 2. The van der Waals surface area contributed by atoms with Gasteiger partial charge in [-0.05, 0) is 59.8 Å². The van der Waals surface area contributed by atoms with E-state index >= 15 is 0 Å². The molecule has 1 atom stereocenters. The van der Waals surface area contributed by atoms with Crippen LogP contribution in [0.4, 0.5) is 5.82 Å². The Morgan fingerprint density at radius 3 is 2.67 bits per heavy atom. The van der Waals surface area contributed by atoms with Crippen LogP contribution < -0.4 is 10.1 Å². The highest BCUT2D eigenvalue weighted by atomic mass is 35.5. The number of rotatable bonds is 7. The number of benzene rings is 2. The molecule has 1 aliphatic heterocycles. The van der Waals surface area contributed by atoms with Gasteiger partial charge >= 0.3 is 0 Å². The van der Waals surface area contributed by atoms with Gasteiger partial charge in [-0.1, -0.05) is 30.3 Å². The number of amides is 2. The van der Waals surface area contributed by atoms with Crippen LogP contribution in [0.5, 0.6) is 5.75 Å². The summed E-state index contributed by atoms with van der Waals surface area (Å²) in [5.41, 5.74) is 4.82. The van der Waals surface area contributed by atoms with E-state index in [-0.39, 0.29) is 36.8 Å². The van der Waals surface area contributed by atoms with Crippen molar-refractivity contribution in [3.05, 3.63) is 95.3 Å². The average molecular weight is 546 g/mol. The van der Waals surface area contributed by atoms with Crippen LogP contribution in [0, 0.1) is 0 Å². The minimum atomic E-state index is -0.119. The minimum absolute atomic E-state index is 0. The van der Waals surface area contributed by atoms with Gasteiger partial charge in [0.2, 0.25) is 11.8 Å². The van der Waals surface area contributed by atoms with E-state index < -0.39 is 0 Å². The standard InChI is InChI=1S/C30H31N5O3.ClH/c1-20(27-15-23-6-4-5-7-26(23)32-27)34(2)29(37)13-10-22-14-24-18-35(19-28(36)33-30(24)31-16-22)17-21-8-11-25(38-3)12-9-21;/h4-16,20,32H,17-19H2,1-3H3,(H,31,33,36);1H/b13-10+;. The maximum Gasteiger partial charge on any atom is 0.246 e. The molecule has 8 nitrogen and oxygen atoms in total. The molecule has 0 spiro atoms. The van der Waals surface area contributed by atoms with Gasteiger partial charge in [-0.15, -0.1) is 12.4 Å². The molecule has 0 fully saturated rings. The molecule has 0 bridgehead atoms. The highest BCUT2D eigenvalue weighted by molar-refractivity contribution is 5.94. The van der Waals surface area contributed by atoms with Gasteiger partial charge in [-0.3, -0.25) is 14.5 Å². The van der Waals surface area contributed by atoms with E-state index in [0.29, 0.717) is 18.9 Å². The number of likely N-dealkylation sites (N-methyl/N-ethyl adjacent to an activating group) is 1. The highest BCUT2D eigenvalue weighted by Gasteiger charge is 2.21. The lowest BCUT2D eigenvalue weighted by Gasteiger charge is -2.22. The Kier molecular flexibility index (Phi) is 8.69. The van der Waals surface area contributed by atoms with Crippen molar-refractivity contribution < 1.29 is 14.3 Å². The van der Waals surface area contributed by atoms with Gasteiger partial charge in [0.15, 0.2) is 0 Å². The quantitative estimate of drug-likeness (QED) is 0.312. The number of methoxy groups -OCH3 is 1. The molecule has 2 aromatic carbocycles. The first-order valence-electron chi connectivity index (χ1n) is 12.6. The van der Waals surface area contributed by atoms with Gasteiger partial charge < -0.3 is 19.9 Å². The molecule has 1 unspecified atom stereocenters. The number of hydrogen-bond acceptors (Lipinski definition) is 5. The molecule has 202 valence electrons. The van der Waals surface area contributed by atoms with Crippen molar-refractivity contribution in [2.45, 2.75) is 26.1 Å². The molecule has 0 radical (unpaired) electrons. The summed E-state index contributed by atoms with van der Waals surface area (Å²) in [4.78, 5) is 37.1. The molecule has 2 N–H and O–H groups in total. The zero-order chi connectivity index (χ0) is 26.6. The van der Waals surface area contributed by atoms with Crippen molar-refractivity contribution in [1.82, 2.24) is 19.8 Å². The molecule has 2 amide bonds. The lowest BCUT2D eigenvalue weighted by Crippen LogP contribution is -2.29. The lowest BCUT2D eigenvalue weighted by atomic mass is 10.1. The molecule has 1 aliphatic rings. The van der Waals surface area contributed by atoms with Crippen molar-refractivity contribution in [2.24, 2.45) is 0 Å². The fourth-order valence-electron chi connectivity index (χ4n) is 4.63. The van der Waals surface area contributed by atoms with Crippen LogP contribution in [-0.2, 0) is 22.7 Å². The molecule has 9 heteroatoms. The maximum atomic E-state index is 13.0. The predicted molar refractivity (Wildman–Crippen MR) is 156 cm³/mol. The van der Waals surface area contributed by atoms with Crippen molar-refractivity contribution in [3.8, 4) is 5.75 Å². The van der Waals surface area contributed by atoms with E-state index in [2.05, 4.69) is 32.3 Å². The Bertz CT molecular complexity index is 1470. The topological polar surface area (TPSA) is 90.6 Å². The molecular formula is C30H32ClN5O3. The fraction of sp³-hybridized carbons (Fsp3) is 0.233. The first kappa shape index (κ1) is 27.9. The van der Waals surface area contributed by atoms with Crippen molar-refractivity contribution >= 4 is 47.0 Å². The zero-order valence-electron chi connectivity index (χ0n) is 22.2. The summed E-state index contributed by atoms with van der Waals surface area (Å²) in [5, 5.41) is 4.02. The van der Waals surface area contributed by atoms with Crippen LogP contribution in [0.2, 0.25) is 0 Å². The summed E-state index contributed by atoms with van der Waals surface area (Å²) < 4.78 is 5.24. The zero-order valence-corrected chi connectivity index (χ0v) is 23.0. The van der Waals surface area contributed by atoms with Crippen molar-refractivity contribution in [3.63, 3.8) is 0 Å². The smallest absolute Gasteiger partial charge is 0.246 e. The lowest BCUT2D eigenvalue weighted by molar-refractivity contribution is -0.126. The van der Waals surface area contributed by atoms with Crippen molar-refractivity contribution in [1.29, 1.82) is 0 Å². The Morgan fingerprint density at radius 1 is 1.15 bits per heavy atom. The van der Waals surface area contributed by atoms with Crippen LogP contribution in [-0.4, -0.2) is 52.3 Å². The summed E-state index contributed by atoms with van der Waals surface area (Å²) in [6.45, 7) is 3.44.